The number of nitrogens with zero attached hydrogens (tertiary/aromatic N) is 2. The molecule has 0 saturated heterocycles. The number of carbonyl (C=O) groups excluding carboxylic acids is 2. The van der Waals surface area contributed by atoms with Crippen LogP contribution in [0.2, 0.25) is 20.1 Å². The molecule has 1 atom stereocenters. The molecule has 0 fully saturated rings. The summed E-state index contributed by atoms with van der Waals surface area (Å²) in [6, 6.07) is 18.1. The van der Waals surface area contributed by atoms with Crippen molar-refractivity contribution in [3.8, 4) is 0 Å². The minimum absolute atomic E-state index is 0.0255. The van der Waals surface area contributed by atoms with Crippen molar-refractivity contribution in [3.63, 3.8) is 0 Å². The van der Waals surface area contributed by atoms with Gasteiger partial charge in [-0.1, -0.05) is 82.8 Å². The van der Waals surface area contributed by atoms with E-state index in [4.69, 9.17) is 46.4 Å². The van der Waals surface area contributed by atoms with Crippen LogP contribution in [0.4, 0.5) is 5.69 Å². The van der Waals surface area contributed by atoms with Crippen LogP contribution in [0.1, 0.15) is 44.7 Å². The van der Waals surface area contributed by atoms with Gasteiger partial charge in [0.25, 0.3) is 0 Å². The third kappa shape index (κ3) is 10.3. The molecule has 0 unspecified atom stereocenters. The number of amides is 2. The number of halogens is 4. The Labute approximate surface area is 274 Å². The molecule has 0 aromatic heterocycles. The van der Waals surface area contributed by atoms with Crippen LogP contribution in [0.15, 0.2) is 66.7 Å². The maximum atomic E-state index is 14.0. The second-order valence-electron chi connectivity index (χ2n) is 11.2. The molecule has 43 heavy (non-hydrogen) atoms. The van der Waals surface area contributed by atoms with Crippen LogP contribution in [0.25, 0.3) is 0 Å². The Hall–Kier alpha value is -2.49. The molecule has 0 radical (unpaired) electrons. The monoisotopic (exact) mass is 685 g/mol. The van der Waals surface area contributed by atoms with Gasteiger partial charge in [0, 0.05) is 52.1 Å². The highest BCUT2D eigenvalue weighted by atomic mass is 35.5. The van der Waals surface area contributed by atoms with Crippen molar-refractivity contribution in [2.75, 3.05) is 17.1 Å². The molecule has 0 saturated carbocycles. The van der Waals surface area contributed by atoms with Crippen LogP contribution in [0, 0.1) is 0 Å². The number of hydrogen-bond donors (Lipinski definition) is 1. The molecule has 3 aromatic carbocycles. The number of rotatable bonds is 12. The van der Waals surface area contributed by atoms with E-state index < -0.39 is 21.6 Å². The standard InChI is InChI=1S/C31H35Cl4N3O4S/c1-31(2,3)36-30(40)28(18-21-10-6-5-7-11-21)37(20-23-24(33)12-8-13-25(23)34)29(39)14-9-17-38(43(4,41)42)27-19-22(32)15-16-26(27)35/h5-8,10-13,15-16,19,28H,9,14,17-18,20H2,1-4H3,(H,36,40)/t28-/m1/s1. The van der Waals surface area contributed by atoms with Gasteiger partial charge in [0.1, 0.15) is 6.04 Å². The zero-order chi connectivity index (χ0) is 31.9. The highest BCUT2D eigenvalue weighted by molar-refractivity contribution is 7.92. The van der Waals surface area contributed by atoms with Gasteiger partial charge in [-0.15, -0.1) is 0 Å². The highest BCUT2D eigenvalue weighted by Crippen LogP contribution is 2.31. The molecule has 1 N–H and O–H groups in total. The lowest BCUT2D eigenvalue weighted by atomic mass is 10.00. The summed E-state index contributed by atoms with van der Waals surface area (Å²) in [7, 11) is -3.76. The van der Waals surface area contributed by atoms with E-state index in [1.807, 2.05) is 51.1 Å². The molecule has 0 heterocycles. The lowest BCUT2D eigenvalue weighted by molar-refractivity contribution is -0.142. The number of carbonyl (C=O) groups is 2. The minimum atomic E-state index is -3.76. The first kappa shape index (κ1) is 35.0. The first-order chi connectivity index (χ1) is 20.1. The summed E-state index contributed by atoms with van der Waals surface area (Å²) in [4.78, 5) is 29.2. The number of anilines is 1. The molecule has 3 aromatic rings. The zero-order valence-electron chi connectivity index (χ0n) is 24.4. The summed E-state index contributed by atoms with van der Waals surface area (Å²) in [5.74, 6) is -0.706. The van der Waals surface area contributed by atoms with Gasteiger partial charge in [0.2, 0.25) is 21.8 Å². The van der Waals surface area contributed by atoms with Crippen molar-refractivity contribution in [3.05, 3.63) is 97.9 Å². The molecular formula is C31H35Cl4N3O4S. The molecule has 7 nitrogen and oxygen atoms in total. The Morgan fingerprint density at radius 2 is 1.51 bits per heavy atom. The summed E-state index contributed by atoms with van der Waals surface area (Å²) in [6.45, 7) is 5.53. The Morgan fingerprint density at radius 3 is 2.09 bits per heavy atom. The van der Waals surface area contributed by atoms with E-state index in [1.54, 1.807) is 24.3 Å². The van der Waals surface area contributed by atoms with Crippen LogP contribution in [-0.4, -0.2) is 49.5 Å². The molecule has 0 bridgehead atoms. The summed E-state index contributed by atoms with van der Waals surface area (Å²) >= 11 is 25.4. The topological polar surface area (TPSA) is 86.8 Å². The predicted molar refractivity (Wildman–Crippen MR) is 177 cm³/mol. The molecule has 232 valence electrons. The van der Waals surface area contributed by atoms with Crippen LogP contribution < -0.4 is 9.62 Å². The van der Waals surface area contributed by atoms with E-state index >= 15 is 0 Å². The number of sulfonamides is 1. The van der Waals surface area contributed by atoms with E-state index in [2.05, 4.69) is 5.32 Å². The first-order valence-electron chi connectivity index (χ1n) is 13.6. The van der Waals surface area contributed by atoms with Crippen molar-refractivity contribution < 1.29 is 18.0 Å². The van der Waals surface area contributed by atoms with Crippen LogP contribution >= 0.6 is 46.4 Å². The summed E-state index contributed by atoms with van der Waals surface area (Å²) in [5, 5.41) is 4.25. The summed E-state index contributed by atoms with van der Waals surface area (Å²) in [5.41, 5.74) is 1.02. The Balaban J connectivity index is 1.97. The maximum Gasteiger partial charge on any atom is 0.243 e. The largest absolute Gasteiger partial charge is 0.350 e. The molecular weight excluding hydrogens is 652 g/mol. The molecule has 12 heteroatoms. The van der Waals surface area contributed by atoms with Crippen molar-refractivity contribution >= 4 is 73.9 Å². The number of hydrogen-bond acceptors (Lipinski definition) is 4. The van der Waals surface area contributed by atoms with Gasteiger partial charge >= 0.3 is 0 Å². The third-order valence-electron chi connectivity index (χ3n) is 6.49. The van der Waals surface area contributed by atoms with Crippen molar-refractivity contribution in [1.29, 1.82) is 0 Å². The van der Waals surface area contributed by atoms with Gasteiger partial charge in [-0.2, -0.15) is 0 Å². The second kappa shape index (κ2) is 15.0. The molecule has 0 aliphatic heterocycles. The van der Waals surface area contributed by atoms with Crippen molar-refractivity contribution in [1.82, 2.24) is 10.2 Å². The molecule has 0 spiro atoms. The van der Waals surface area contributed by atoms with Gasteiger partial charge < -0.3 is 10.2 Å². The average Bonchev–Trinajstić information content (AvgIpc) is 2.90. The van der Waals surface area contributed by atoms with E-state index in [0.717, 1.165) is 16.1 Å². The molecule has 0 aliphatic carbocycles. The van der Waals surface area contributed by atoms with E-state index in [1.165, 1.54) is 17.0 Å². The SMILES string of the molecule is CC(C)(C)NC(=O)[C@@H](Cc1ccccc1)N(Cc1c(Cl)cccc1Cl)C(=O)CCCN(c1cc(Cl)ccc1Cl)S(C)(=O)=O. The van der Waals surface area contributed by atoms with Gasteiger partial charge in [-0.05, 0) is 63.1 Å². The quantitative estimate of drug-likeness (QED) is 0.215. The molecule has 2 amide bonds. The van der Waals surface area contributed by atoms with Crippen LogP contribution in [0.3, 0.4) is 0 Å². The Morgan fingerprint density at radius 1 is 0.884 bits per heavy atom. The van der Waals surface area contributed by atoms with Crippen LogP contribution in [-0.2, 0) is 32.6 Å². The molecule has 0 aliphatic rings. The summed E-state index contributed by atoms with van der Waals surface area (Å²) < 4.78 is 26.5. The highest BCUT2D eigenvalue weighted by Gasteiger charge is 2.33. The zero-order valence-corrected chi connectivity index (χ0v) is 28.3. The lowest BCUT2D eigenvalue weighted by Crippen LogP contribution is -2.54. The van der Waals surface area contributed by atoms with Crippen LogP contribution in [0.5, 0.6) is 0 Å². The predicted octanol–water partition coefficient (Wildman–Crippen LogP) is 7.40. The van der Waals surface area contributed by atoms with E-state index in [0.29, 0.717) is 20.6 Å². The summed E-state index contributed by atoms with van der Waals surface area (Å²) in [6.07, 6.45) is 1.37. The Bertz CT molecular complexity index is 1530. The first-order valence-corrected chi connectivity index (χ1v) is 16.9. The fourth-order valence-electron chi connectivity index (χ4n) is 4.52. The average molecular weight is 688 g/mol. The van der Waals surface area contributed by atoms with Crippen molar-refractivity contribution in [2.45, 2.75) is 58.2 Å². The smallest absolute Gasteiger partial charge is 0.243 e. The molecule has 3 rings (SSSR count). The van der Waals surface area contributed by atoms with Gasteiger partial charge in [-0.3, -0.25) is 13.9 Å². The number of benzene rings is 3. The second-order valence-corrected chi connectivity index (χ2v) is 14.8. The lowest BCUT2D eigenvalue weighted by Gasteiger charge is -2.34. The third-order valence-corrected chi connectivity index (χ3v) is 8.93. The van der Waals surface area contributed by atoms with Gasteiger partial charge in [0.15, 0.2) is 0 Å². The fraction of sp³-hybridized carbons (Fsp3) is 0.355. The van der Waals surface area contributed by atoms with E-state index in [-0.39, 0.29) is 54.9 Å². The van der Waals surface area contributed by atoms with Crippen molar-refractivity contribution in [2.24, 2.45) is 0 Å². The number of nitrogens with one attached hydrogen (secondary N) is 1. The van der Waals surface area contributed by atoms with Gasteiger partial charge in [-0.25, -0.2) is 8.42 Å². The van der Waals surface area contributed by atoms with Gasteiger partial charge in [0.05, 0.1) is 17.0 Å². The fourth-order valence-corrected chi connectivity index (χ4v) is 6.44. The minimum Gasteiger partial charge on any atom is -0.350 e. The maximum absolute atomic E-state index is 14.0. The van der Waals surface area contributed by atoms with E-state index in [9.17, 15) is 18.0 Å². The normalized spacial score (nSPS) is 12.5. The Kier molecular flexibility index (Phi) is 12.2.